The number of hydrogen-bond acceptors (Lipinski definition) is 4. The predicted molar refractivity (Wildman–Crippen MR) is 114 cm³/mol. The minimum atomic E-state index is -3.64. The summed E-state index contributed by atoms with van der Waals surface area (Å²) in [6, 6.07) is 10.6. The lowest BCUT2D eigenvalue weighted by atomic mass is 10.0. The summed E-state index contributed by atoms with van der Waals surface area (Å²) < 4.78 is 29.1. The molecule has 166 valence electrons. The summed E-state index contributed by atoms with van der Waals surface area (Å²) in [5.41, 5.74) is 3.38. The van der Waals surface area contributed by atoms with Gasteiger partial charge in [0.25, 0.3) is 5.91 Å². The second-order valence-corrected chi connectivity index (χ2v) is 8.16. The molecule has 0 aliphatic carbocycles. The number of aryl methyl sites for hydroxylation is 1. The van der Waals surface area contributed by atoms with Gasteiger partial charge in [-0.05, 0) is 30.5 Å². The van der Waals surface area contributed by atoms with Gasteiger partial charge in [0.15, 0.2) is 0 Å². The zero-order valence-corrected chi connectivity index (χ0v) is 17.6. The highest BCUT2D eigenvalue weighted by molar-refractivity contribution is 6.01. The summed E-state index contributed by atoms with van der Waals surface area (Å²) in [4.78, 5) is 37.7. The van der Waals surface area contributed by atoms with Crippen LogP contribution in [0.25, 0.3) is 5.70 Å². The van der Waals surface area contributed by atoms with Crippen LogP contribution in [-0.2, 0) is 33.4 Å². The summed E-state index contributed by atoms with van der Waals surface area (Å²) in [5, 5.41) is 4.67. The van der Waals surface area contributed by atoms with Crippen LogP contribution in [0.4, 0.5) is 8.78 Å². The average molecular weight is 439 g/mol. The monoisotopic (exact) mass is 439 g/mol. The Morgan fingerprint density at radius 3 is 2.75 bits per heavy atom. The van der Waals surface area contributed by atoms with Gasteiger partial charge in [-0.15, -0.1) is 0 Å². The first-order valence-corrected chi connectivity index (χ1v) is 10.3. The van der Waals surface area contributed by atoms with E-state index in [2.05, 4.69) is 17.2 Å². The van der Waals surface area contributed by atoms with Crippen LogP contribution in [0.1, 0.15) is 40.7 Å². The van der Waals surface area contributed by atoms with Crippen molar-refractivity contribution >= 4 is 23.4 Å². The van der Waals surface area contributed by atoms with Crippen molar-refractivity contribution in [3.05, 3.63) is 76.9 Å². The Bertz CT molecular complexity index is 1130. The zero-order chi connectivity index (χ0) is 23.0. The van der Waals surface area contributed by atoms with Crippen LogP contribution < -0.4 is 10.6 Å². The molecule has 3 amide bonds. The fourth-order valence-electron chi connectivity index (χ4n) is 4.15. The van der Waals surface area contributed by atoms with E-state index in [9.17, 15) is 23.2 Å². The number of piperidine rings is 1. The molecule has 1 saturated heterocycles. The largest absolute Gasteiger partial charge is 0.355 e. The Morgan fingerprint density at radius 1 is 1.25 bits per heavy atom. The standard InChI is InChI=1S/C24H23F2N3O3/c1-14-4-3-5-18(10-14)24(25,26)23(32)27-12-16-6-7-19-15(2)29(13-17(19)11-16)20-8-9-21(30)28-22(20)31/h3-7,10-11,20H,2,8-9,12-13H2,1H3,(H,27,32)(H,28,30,31). The molecule has 0 bridgehead atoms. The number of rotatable bonds is 5. The number of carbonyl (C=O) groups excluding carboxylic acids is 3. The lowest BCUT2D eigenvalue weighted by Gasteiger charge is -2.31. The number of carbonyl (C=O) groups is 3. The number of nitrogens with one attached hydrogen (secondary N) is 2. The van der Waals surface area contributed by atoms with Gasteiger partial charge in [0.05, 0.1) is 0 Å². The maximum absolute atomic E-state index is 14.5. The van der Waals surface area contributed by atoms with Crippen molar-refractivity contribution in [3.8, 4) is 0 Å². The number of nitrogens with zero attached hydrogens (tertiary/aromatic N) is 1. The van der Waals surface area contributed by atoms with Gasteiger partial charge in [-0.25, -0.2) is 0 Å². The van der Waals surface area contributed by atoms with E-state index >= 15 is 0 Å². The highest BCUT2D eigenvalue weighted by atomic mass is 19.3. The van der Waals surface area contributed by atoms with E-state index in [-0.39, 0.29) is 30.3 Å². The topological polar surface area (TPSA) is 78.5 Å². The third kappa shape index (κ3) is 4.00. The lowest BCUT2D eigenvalue weighted by Crippen LogP contribution is -2.50. The third-order valence-corrected chi connectivity index (χ3v) is 5.87. The van der Waals surface area contributed by atoms with Crippen molar-refractivity contribution in [2.75, 3.05) is 0 Å². The summed E-state index contributed by atoms with van der Waals surface area (Å²) in [6.45, 7) is 6.12. The number of benzene rings is 2. The summed E-state index contributed by atoms with van der Waals surface area (Å²) in [5.74, 6) is -5.63. The first kappa shape index (κ1) is 21.7. The van der Waals surface area contributed by atoms with E-state index in [1.54, 1.807) is 19.1 Å². The maximum atomic E-state index is 14.5. The molecule has 1 atom stereocenters. The van der Waals surface area contributed by atoms with Crippen molar-refractivity contribution in [1.82, 2.24) is 15.5 Å². The van der Waals surface area contributed by atoms with Crippen LogP contribution >= 0.6 is 0 Å². The molecule has 0 radical (unpaired) electrons. The van der Waals surface area contributed by atoms with Gasteiger partial charge in [-0.3, -0.25) is 19.7 Å². The molecule has 2 aromatic rings. The van der Waals surface area contributed by atoms with Gasteiger partial charge in [0, 0.05) is 36.3 Å². The molecule has 2 heterocycles. The molecule has 6 nitrogen and oxygen atoms in total. The minimum Gasteiger partial charge on any atom is -0.355 e. The minimum absolute atomic E-state index is 0.0571. The van der Waals surface area contributed by atoms with Crippen LogP contribution in [0.3, 0.4) is 0 Å². The fraction of sp³-hybridized carbons (Fsp3) is 0.292. The lowest BCUT2D eigenvalue weighted by molar-refractivity contribution is -0.147. The number of halogens is 2. The third-order valence-electron chi connectivity index (χ3n) is 5.87. The molecule has 0 spiro atoms. The van der Waals surface area contributed by atoms with Gasteiger partial charge < -0.3 is 10.2 Å². The summed E-state index contributed by atoms with van der Waals surface area (Å²) >= 11 is 0. The Balaban J connectivity index is 1.44. The molecule has 32 heavy (non-hydrogen) atoms. The second kappa shape index (κ2) is 8.18. The predicted octanol–water partition coefficient (Wildman–Crippen LogP) is 2.99. The van der Waals surface area contributed by atoms with E-state index in [4.69, 9.17) is 0 Å². The zero-order valence-electron chi connectivity index (χ0n) is 17.6. The van der Waals surface area contributed by atoms with Crippen molar-refractivity contribution in [1.29, 1.82) is 0 Å². The van der Waals surface area contributed by atoms with E-state index in [1.807, 2.05) is 17.0 Å². The van der Waals surface area contributed by atoms with Gasteiger partial charge in [-0.2, -0.15) is 8.78 Å². The Morgan fingerprint density at radius 2 is 2.03 bits per heavy atom. The highest BCUT2D eigenvalue weighted by Crippen LogP contribution is 2.35. The van der Waals surface area contributed by atoms with Crippen LogP contribution in [0.2, 0.25) is 0 Å². The van der Waals surface area contributed by atoms with Crippen molar-refractivity contribution in [2.24, 2.45) is 0 Å². The molecule has 2 N–H and O–H groups in total. The SMILES string of the molecule is C=C1c2ccc(CNC(=O)C(F)(F)c3cccc(C)c3)cc2CN1C1CCC(=O)NC1=O. The number of amides is 3. The van der Waals surface area contributed by atoms with Crippen molar-refractivity contribution < 1.29 is 23.2 Å². The molecule has 1 unspecified atom stereocenters. The Labute approximate surface area is 184 Å². The van der Waals surface area contributed by atoms with E-state index in [1.165, 1.54) is 18.2 Å². The molecule has 2 aliphatic rings. The first-order chi connectivity index (χ1) is 15.2. The van der Waals surface area contributed by atoms with Crippen LogP contribution in [0.15, 0.2) is 49.0 Å². The second-order valence-electron chi connectivity index (χ2n) is 8.16. The molecule has 2 aromatic carbocycles. The molecular formula is C24H23F2N3O3. The van der Waals surface area contributed by atoms with E-state index < -0.39 is 17.9 Å². The molecule has 2 aliphatic heterocycles. The van der Waals surface area contributed by atoms with Gasteiger partial charge in [0.2, 0.25) is 11.8 Å². The van der Waals surface area contributed by atoms with E-state index in [0.717, 1.165) is 11.1 Å². The molecule has 0 saturated carbocycles. The Kier molecular flexibility index (Phi) is 5.54. The van der Waals surface area contributed by atoms with Gasteiger partial charge >= 0.3 is 5.92 Å². The normalized spacial score (nSPS) is 18.4. The van der Waals surface area contributed by atoms with Crippen LogP contribution in [-0.4, -0.2) is 28.7 Å². The highest BCUT2D eigenvalue weighted by Gasteiger charge is 2.41. The fourth-order valence-corrected chi connectivity index (χ4v) is 4.15. The first-order valence-electron chi connectivity index (χ1n) is 10.3. The number of hydrogen-bond donors (Lipinski definition) is 2. The van der Waals surface area contributed by atoms with Crippen molar-refractivity contribution in [2.45, 2.75) is 44.8 Å². The molecular weight excluding hydrogens is 416 g/mol. The summed E-state index contributed by atoms with van der Waals surface area (Å²) in [7, 11) is 0. The molecule has 0 aromatic heterocycles. The Hall–Kier alpha value is -3.55. The smallest absolute Gasteiger partial charge is 0.349 e. The van der Waals surface area contributed by atoms with E-state index in [0.29, 0.717) is 29.8 Å². The molecule has 1 fully saturated rings. The quantitative estimate of drug-likeness (QED) is 0.703. The van der Waals surface area contributed by atoms with Crippen LogP contribution in [0, 0.1) is 6.92 Å². The van der Waals surface area contributed by atoms with Gasteiger partial charge in [-0.1, -0.05) is 48.5 Å². The van der Waals surface area contributed by atoms with Crippen LogP contribution in [0.5, 0.6) is 0 Å². The number of alkyl halides is 2. The van der Waals surface area contributed by atoms with Crippen molar-refractivity contribution in [3.63, 3.8) is 0 Å². The number of fused-ring (bicyclic) bond motifs is 1. The summed E-state index contributed by atoms with van der Waals surface area (Å²) in [6.07, 6.45) is 0.678. The molecule has 4 rings (SSSR count). The molecule has 8 heteroatoms. The average Bonchev–Trinajstić information content (AvgIpc) is 3.07. The maximum Gasteiger partial charge on any atom is 0.349 e. The van der Waals surface area contributed by atoms with Gasteiger partial charge in [0.1, 0.15) is 6.04 Å². The number of imide groups is 1.